The minimum Gasteiger partial charge on any atom is -0.497 e. The molecule has 0 aliphatic carbocycles. The molecule has 2 aliphatic rings. The van der Waals surface area contributed by atoms with Gasteiger partial charge in [-0.3, -0.25) is 10.1 Å². The van der Waals surface area contributed by atoms with Gasteiger partial charge in [0.25, 0.3) is 0 Å². The normalized spacial score (nSPS) is 23.8. The van der Waals surface area contributed by atoms with Crippen LogP contribution in [0.15, 0.2) is 18.2 Å². The van der Waals surface area contributed by atoms with Gasteiger partial charge in [-0.2, -0.15) is 0 Å². The van der Waals surface area contributed by atoms with Crippen LogP contribution in [0.3, 0.4) is 0 Å². The summed E-state index contributed by atoms with van der Waals surface area (Å²) in [6.45, 7) is 1.72. The Balaban J connectivity index is 1.61. The van der Waals surface area contributed by atoms with Gasteiger partial charge in [-0.1, -0.05) is 0 Å². The number of carbonyl (C=O) groups is 1. The third-order valence-electron chi connectivity index (χ3n) is 4.27. The second kappa shape index (κ2) is 7.31. The standard InChI is InChI=1S/C16H23N3O3S/c1-21-13-5-12(6-14(7-13)22-2)19-4-3-11(8-19)18-16(20)15-9-23-10-17-15/h5-7,11,15,17H,3-4,8-10H2,1-2H3,(H,18,20). The lowest BCUT2D eigenvalue weighted by Gasteiger charge is -2.21. The highest BCUT2D eigenvalue weighted by atomic mass is 32.2. The Morgan fingerprint density at radius 2 is 2.04 bits per heavy atom. The van der Waals surface area contributed by atoms with Crippen molar-refractivity contribution in [3.63, 3.8) is 0 Å². The minimum atomic E-state index is -0.0500. The van der Waals surface area contributed by atoms with E-state index in [-0.39, 0.29) is 18.0 Å². The van der Waals surface area contributed by atoms with E-state index in [4.69, 9.17) is 9.47 Å². The lowest BCUT2D eigenvalue weighted by Crippen LogP contribution is -2.47. The Morgan fingerprint density at radius 3 is 2.65 bits per heavy atom. The van der Waals surface area contributed by atoms with Crippen molar-refractivity contribution in [2.24, 2.45) is 0 Å². The van der Waals surface area contributed by atoms with Gasteiger partial charge in [0, 0.05) is 54.6 Å². The molecule has 126 valence electrons. The lowest BCUT2D eigenvalue weighted by atomic mass is 10.2. The van der Waals surface area contributed by atoms with Gasteiger partial charge in [0.2, 0.25) is 5.91 Å². The fourth-order valence-electron chi connectivity index (χ4n) is 2.95. The van der Waals surface area contributed by atoms with Crippen molar-refractivity contribution < 1.29 is 14.3 Å². The van der Waals surface area contributed by atoms with E-state index in [0.717, 1.165) is 48.3 Å². The number of thioether (sulfide) groups is 1. The van der Waals surface area contributed by atoms with E-state index >= 15 is 0 Å². The molecular formula is C16H23N3O3S. The summed E-state index contributed by atoms with van der Waals surface area (Å²) in [5.74, 6) is 3.39. The molecule has 2 unspecified atom stereocenters. The maximum absolute atomic E-state index is 12.2. The second-order valence-corrected chi connectivity index (χ2v) is 6.81. The zero-order chi connectivity index (χ0) is 16.2. The molecule has 0 radical (unpaired) electrons. The summed E-state index contributed by atoms with van der Waals surface area (Å²) in [6, 6.07) is 6.00. The van der Waals surface area contributed by atoms with Crippen molar-refractivity contribution in [1.82, 2.24) is 10.6 Å². The fourth-order valence-corrected chi connectivity index (χ4v) is 3.89. The molecule has 0 bridgehead atoms. The number of anilines is 1. The molecule has 0 saturated carbocycles. The van der Waals surface area contributed by atoms with Gasteiger partial charge in [0.1, 0.15) is 11.5 Å². The summed E-state index contributed by atoms with van der Waals surface area (Å²) in [5.41, 5.74) is 1.06. The van der Waals surface area contributed by atoms with Crippen LogP contribution in [0.4, 0.5) is 5.69 Å². The van der Waals surface area contributed by atoms with Crippen molar-refractivity contribution in [1.29, 1.82) is 0 Å². The average Bonchev–Trinajstić information content (AvgIpc) is 3.26. The Labute approximate surface area is 140 Å². The molecule has 7 heteroatoms. The first kappa shape index (κ1) is 16.3. The number of benzene rings is 1. The first-order valence-corrected chi connectivity index (χ1v) is 8.94. The second-order valence-electron chi connectivity index (χ2n) is 5.78. The molecule has 1 amide bonds. The number of amides is 1. The van der Waals surface area contributed by atoms with Crippen LogP contribution in [0.1, 0.15) is 6.42 Å². The third kappa shape index (κ3) is 3.84. The highest BCUT2D eigenvalue weighted by Crippen LogP contribution is 2.30. The maximum Gasteiger partial charge on any atom is 0.238 e. The summed E-state index contributed by atoms with van der Waals surface area (Å²) >= 11 is 1.76. The first-order valence-electron chi connectivity index (χ1n) is 7.79. The van der Waals surface area contributed by atoms with Crippen molar-refractivity contribution in [2.75, 3.05) is 43.8 Å². The van der Waals surface area contributed by atoms with Crippen molar-refractivity contribution in [3.8, 4) is 11.5 Å². The predicted molar refractivity (Wildman–Crippen MR) is 92.6 cm³/mol. The maximum atomic E-state index is 12.2. The van der Waals surface area contributed by atoms with Crippen LogP contribution in [-0.2, 0) is 4.79 Å². The first-order chi connectivity index (χ1) is 11.2. The van der Waals surface area contributed by atoms with E-state index in [2.05, 4.69) is 15.5 Å². The Kier molecular flexibility index (Phi) is 5.17. The topological polar surface area (TPSA) is 62.8 Å². The molecule has 2 atom stereocenters. The van der Waals surface area contributed by atoms with Gasteiger partial charge in [-0.15, -0.1) is 11.8 Å². The van der Waals surface area contributed by atoms with E-state index in [9.17, 15) is 4.79 Å². The number of methoxy groups -OCH3 is 2. The molecule has 23 heavy (non-hydrogen) atoms. The highest BCUT2D eigenvalue weighted by Gasteiger charge is 2.29. The van der Waals surface area contributed by atoms with E-state index in [1.807, 2.05) is 18.2 Å². The minimum absolute atomic E-state index is 0.0500. The third-order valence-corrected chi connectivity index (χ3v) is 5.21. The number of carbonyl (C=O) groups excluding carboxylic acids is 1. The van der Waals surface area contributed by atoms with E-state index < -0.39 is 0 Å². The summed E-state index contributed by atoms with van der Waals surface area (Å²) in [5, 5.41) is 6.37. The van der Waals surface area contributed by atoms with Crippen molar-refractivity contribution >= 4 is 23.4 Å². The van der Waals surface area contributed by atoms with Gasteiger partial charge >= 0.3 is 0 Å². The molecule has 1 aromatic carbocycles. The Bertz CT molecular complexity index is 541. The van der Waals surface area contributed by atoms with Crippen LogP contribution in [0.5, 0.6) is 11.5 Å². The molecule has 0 spiro atoms. The monoisotopic (exact) mass is 337 g/mol. The number of nitrogens with zero attached hydrogens (tertiary/aromatic N) is 1. The highest BCUT2D eigenvalue weighted by molar-refractivity contribution is 7.99. The molecule has 1 aromatic rings. The molecule has 2 saturated heterocycles. The SMILES string of the molecule is COc1cc(OC)cc(N2CCC(NC(=O)C3CSCN3)C2)c1. The van der Waals surface area contributed by atoms with Crippen molar-refractivity contribution in [3.05, 3.63) is 18.2 Å². The summed E-state index contributed by atoms with van der Waals surface area (Å²) in [4.78, 5) is 14.5. The van der Waals surface area contributed by atoms with Gasteiger partial charge in [0.05, 0.1) is 20.3 Å². The van der Waals surface area contributed by atoms with Gasteiger partial charge < -0.3 is 19.7 Å². The lowest BCUT2D eigenvalue weighted by molar-refractivity contribution is -0.123. The van der Waals surface area contributed by atoms with Crippen LogP contribution >= 0.6 is 11.8 Å². The molecule has 2 fully saturated rings. The van der Waals surface area contributed by atoms with Gasteiger partial charge in [-0.05, 0) is 6.42 Å². The number of hydrogen-bond acceptors (Lipinski definition) is 6. The molecule has 2 N–H and O–H groups in total. The Hall–Kier alpha value is -1.60. The van der Waals surface area contributed by atoms with Crippen LogP contribution in [0, 0.1) is 0 Å². The molecular weight excluding hydrogens is 314 g/mol. The van der Waals surface area contributed by atoms with E-state index in [0.29, 0.717) is 0 Å². The number of ether oxygens (including phenoxy) is 2. The van der Waals surface area contributed by atoms with Crippen LogP contribution in [0.25, 0.3) is 0 Å². The number of rotatable bonds is 5. The largest absolute Gasteiger partial charge is 0.497 e. The van der Waals surface area contributed by atoms with Gasteiger partial charge in [0.15, 0.2) is 0 Å². The summed E-state index contributed by atoms with van der Waals surface area (Å²) in [7, 11) is 3.30. The van der Waals surface area contributed by atoms with E-state index in [1.165, 1.54) is 0 Å². The van der Waals surface area contributed by atoms with Crippen LogP contribution in [0.2, 0.25) is 0 Å². The quantitative estimate of drug-likeness (QED) is 0.838. The zero-order valence-electron chi connectivity index (χ0n) is 13.5. The summed E-state index contributed by atoms with van der Waals surface area (Å²) in [6.07, 6.45) is 0.950. The molecule has 0 aromatic heterocycles. The summed E-state index contributed by atoms with van der Waals surface area (Å²) < 4.78 is 10.7. The number of hydrogen-bond donors (Lipinski definition) is 2. The van der Waals surface area contributed by atoms with Crippen LogP contribution in [-0.4, -0.2) is 56.9 Å². The molecule has 6 nitrogen and oxygen atoms in total. The van der Waals surface area contributed by atoms with E-state index in [1.54, 1.807) is 26.0 Å². The molecule has 2 aliphatic heterocycles. The molecule has 3 rings (SSSR count). The molecule has 2 heterocycles. The van der Waals surface area contributed by atoms with Gasteiger partial charge in [-0.25, -0.2) is 0 Å². The smallest absolute Gasteiger partial charge is 0.238 e. The van der Waals surface area contributed by atoms with Crippen LogP contribution < -0.4 is 25.0 Å². The fraction of sp³-hybridized carbons (Fsp3) is 0.562. The predicted octanol–water partition coefficient (Wildman–Crippen LogP) is 1.06. The Morgan fingerprint density at radius 1 is 1.30 bits per heavy atom. The zero-order valence-corrected chi connectivity index (χ0v) is 14.3. The number of nitrogens with one attached hydrogen (secondary N) is 2. The van der Waals surface area contributed by atoms with Crippen molar-refractivity contribution in [2.45, 2.75) is 18.5 Å². The average molecular weight is 337 g/mol.